The van der Waals surface area contributed by atoms with E-state index >= 15 is 0 Å². The number of fused-ring (bicyclic) bond motifs is 1. The molecule has 2 aliphatic carbocycles. The Kier molecular flexibility index (Phi) is 2.74. The van der Waals surface area contributed by atoms with Gasteiger partial charge in [-0.3, -0.25) is 10.2 Å². The number of hydrogen-bond donors (Lipinski definition) is 1. The van der Waals surface area contributed by atoms with E-state index < -0.39 is 9.84 Å². The average molecular weight is 241 g/mol. The zero-order chi connectivity index (χ0) is 11.9. The van der Waals surface area contributed by atoms with Gasteiger partial charge in [0, 0.05) is 18.1 Å². The summed E-state index contributed by atoms with van der Waals surface area (Å²) in [6.45, 7) is 0. The first-order valence-electron chi connectivity index (χ1n) is 5.45. The minimum Gasteiger partial charge on any atom is -0.297 e. The van der Waals surface area contributed by atoms with E-state index in [2.05, 4.69) is 0 Å². The summed E-state index contributed by atoms with van der Waals surface area (Å²) in [5, 5.41) is 7.54. The van der Waals surface area contributed by atoms with Gasteiger partial charge in [0.2, 0.25) is 0 Å². The lowest BCUT2D eigenvalue weighted by Crippen LogP contribution is -2.38. The number of allylic oxidation sites excluding steroid dienone is 2. The summed E-state index contributed by atoms with van der Waals surface area (Å²) >= 11 is 0. The molecule has 0 spiro atoms. The number of sulfone groups is 1. The lowest BCUT2D eigenvalue weighted by molar-refractivity contribution is -0.118. The molecule has 2 rings (SSSR count). The van der Waals surface area contributed by atoms with Crippen molar-refractivity contribution in [3.63, 3.8) is 0 Å². The van der Waals surface area contributed by atoms with E-state index in [1.54, 1.807) is 0 Å². The summed E-state index contributed by atoms with van der Waals surface area (Å²) in [4.78, 5) is 12.1. The van der Waals surface area contributed by atoms with Crippen molar-refractivity contribution in [1.82, 2.24) is 0 Å². The molecule has 0 aromatic carbocycles. The smallest absolute Gasteiger partial charge is 0.184 e. The Morgan fingerprint density at radius 2 is 1.81 bits per heavy atom. The van der Waals surface area contributed by atoms with Crippen LogP contribution in [0.1, 0.15) is 25.7 Å². The molecule has 16 heavy (non-hydrogen) atoms. The van der Waals surface area contributed by atoms with Crippen LogP contribution in [0, 0.1) is 17.2 Å². The van der Waals surface area contributed by atoms with Gasteiger partial charge in [0.05, 0.1) is 10.6 Å². The fourth-order valence-electron chi connectivity index (χ4n) is 2.69. The summed E-state index contributed by atoms with van der Waals surface area (Å²) in [5.41, 5.74) is -0.149. The van der Waals surface area contributed by atoms with Gasteiger partial charge in [-0.25, -0.2) is 8.42 Å². The Morgan fingerprint density at radius 3 is 2.38 bits per heavy atom. The van der Waals surface area contributed by atoms with Crippen molar-refractivity contribution in [2.24, 2.45) is 11.8 Å². The van der Waals surface area contributed by atoms with Gasteiger partial charge in [-0.15, -0.1) is 0 Å². The fourth-order valence-corrected chi connectivity index (χ4v) is 3.85. The van der Waals surface area contributed by atoms with E-state index in [0.717, 1.165) is 31.9 Å². The summed E-state index contributed by atoms with van der Waals surface area (Å²) in [6, 6.07) is 0. The van der Waals surface area contributed by atoms with Crippen LogP contribution < -0.4 is 0 Å². The molecule has 1 fully saturated rings. The molecule has 1 N–H and O–H groups in total. The lowest BCUT2D eigenvalue weighted by atomic mass is 9.73. The van der Waals surface area contributed by atoms with Gasteiger partial charge in [0.15, 0.2) is 15.6 Å². The quantitative estimate of drug-likeness (QED) is 0.752. The lowest BCUT2D eigenvalue weighted by Gasteiger charge is -2.34. The third kappa shape index (κ3) is 1.84. The van der Waals surface area contributed by atoms with E-state index in [1.165, 1.54) is 6.08 Å². The van der Waals surface area contributed by atoms with Crippen molar-refractivity contribution in [2.75, 3.05) is 6.26 Å². The van der Waals surface area contributed by atoms with E-state index in [9.17, 15) is 13.2 Å². The number of rotatable bonds is 1. The Labute approximate surface area is 95.2 Å². The minimum absolute atomic E-state index is 0.149. The highest BCUT2D eigenvalue weighted by molar-refractivity contribution is 7.94. The third-order valence-electron chi connectivity index (χ3n) is 3.45. The second kappa shape index (κ2) is 3.80. The molecule has 1 saturated carbocycles. The predicted molar refractivity (Wildman–Crippen MR) is 61.1 cm³/mol. The molecule has 0 bridgehead atoms. The van der Waals surface area contributed by atoms with Crippen LogP contribution in [0.15, 0.2) is 11.0 Å². The molecule has 0 radical (unpaired) electrons. The molecule has 2 atom stereocenters. The Hall–Kier alpha value is -0.970. The molecule has 0 aliphatic heterocycles. The van der Waals surface area contributed by atoms with E-state index in [-0.39, 0.29) is 23.3 Å². The predicted octanol–water partition coefficient (Wildman–Crippen LogP) is 1.32. The maximum absolute atomic E-state index is 11.8. The maximum Gasteiger partial charge on any atom is 0.184 e. The van der Waals surface area contributed by atoms with Crippen LogP contribution in [0.2, 0.25) is 0 Å². The largest absolute Gasteiger partial charge is 0.297 e. The molecule has 88 valence electrons. The number of ketones is 1. The van der Waals surface area contributed by atoms with Crippen LogP contribution in [0.4, 0.5) is 0 Å². The molecule has 2 unspecified atom stereocenters. The van der Waals surface area contributed by atoms with Gasteiger partial charge in [-0.1, -0.05) is 12.8 Å². The van der Waals surface area contributed by atoms with E-state index in [0.29, 0.717) is 4.91 Å². The molecular formula is C11H15NO3S. The highest BCUT2D eigenvalue weighted by Crippen LogP contribution is 2.40. The van der Waals surface area contributed by atoms with Gasteiger partial charge in [-0.05, 0) is 18.9 Å². The molecule has 5 heteroatoms. The first-order valence-corrected chi connectivity index (χ1v) is 7.35. The van der Waals surface area contributed by atoms with E-state index in [4.69, 9.17) is 5.41 Å². The van der Waals surface area contributed by atoms with Crippen LogP contribution in [0.5, 0.6) is 0 Å². The third-order valence-corrected chi connectivity index (χ3v) is 4.73. The van der Waals surface area contributed by atoms with Crippen LogP contribution in [0.25, 0.3) is 0 Å². The molecule has 0 amide bonds. The maximum atomic E-state index is 11.8. The Balaban J connectivity index is 2.48. The van der Waals surface area contributed by atoms with Crippen molar-refractivity contribution in [3.05, 3.63) is 11.0 Å². The SMILES string of the molecule is CS(=O)(=O)C1=CC(=N)C(=O)C2CCCCC12. The zero-order valence-electron chi connectivity index (χ0n) is 9.19. The van der Waals surface area contributed by atoms with Gasteiger partial charge in [-0.2, -0.15) is 0 Å². The summed E-state index contributed by atoms with van der Waals surface area (Å²) in [6.07, 6.45) is 5.81. The first-order chi connectivity index (χ1) is 7.41. The zero-order valence-corrected chi connectivity index (χ0v) is 10.0. The van der Waals surface area contributed by atoms with Crippen LogP contribution >= 0.6 is 0 Å². The summed E-state index contributed by atoms with van der Waals surface area (Å²) in [7, 11) is -3.28. The molecular weight excluding hydrogens is 226 g/mol. The number of carbonyl (C=O) groups excluding carboxylic acids is 1. The summed E-state index contributed by atoms with van der Waals surface area (Å²) < 4.78 is 23.2. The number of hydrogen-bond acceptors (Lipinski definition) is 4. The molecule has 0 heterocycles. The second-order valence-electron chi connectivity index (χ2n) is 4.59. The highest BCUT2D eigenvalue weighted by atomic mass is 32.2. The molecule has 4 nitrogen and oxygen atoms in total. The monoisotopic (exact) mass is 241 g/mol. The van der Waals surface area contributed by atoms with Crippen molar-refractivity contribution < 1.29 is 13.2 Å². The Morgan fingerprint density at radius 1 is 1.25 bits per heavy atom. The van der Waals surface area contributed by atoms with Gasteiger partial charge < -0.3 is 0 Å². The molecule has 0 aromatic heterocycles. The van der Waals surface area contributed by atoms with Gasteiger partial charge in [0.25, 0.3) is 0 Å². The van der Waals surface area contributed by atoms with Crippen LogP contribution in [-0.4, -0.2) is 26.2 Å². The Bertz CT molecular complexity index is 475. The van der Waals surface area contributed by atoms with E-state index in [1.807, 2.05) is 0 Å². The number of Topliss-reactive ketones (excluding diaryl/α,β-unsaturated/α-hetero) is 1. The molecule has 2 aliphatic rings. The minimum atomic E-state index is -3.28. The molecule has 0 saturated heterocycles. The average Bonchev–Trinajstić information content (AvgIpc) is 2.22. The number of carbonyl (C=O) groups is 1. The standard InChI is InChI=1S/C11H15NO3S/c1-16(14,15)10-6-9(12)11(13)8-5-3-2-4-7(8)10/h6-8,12H,2-5H2,1H3. The van der Waals surface area contributed by atoms with Crippen molar-refractivity contribution in [3.8, 4) is 0 Å². The van der Waals surface area contributed by atoms with Crippen LogP contribution in [-0.2, 0) is 14.6 Å². The fraction of sp³-hybridized carbons (Fsp3) is 0.636. The van der Waals surface area contributed by atoms with Crippen LogP contribution in [0.3, 0.4) is 0 Å². The molecule has 0 aromatic rings. The summed E-state index contributed by atoms with van der Waals surface area (Å²) in [5.74, 6) is -0.626. The van der Waals surface area contributed by atoms with Gasteiger partial charge in [0.1, 0.15) is 0 Å². The van der Waals surface area contributed by atoms with Gasteiger partial charge >= 0.3 is 0 Å². The second-order valence-corrected chi connectivity index (χ2v) is 6.61. The first kappa shape index (κ1) is 11.5. The van der Waals surface area contributed by atoms with Crippen molar-refractivity contribution in [2.45, 2.75) is 25.7 Å². The van der Waals surface area contributed by atoms with Crippen molar-refractivity contribution in [1.29, 1.82) is 5.41 Å². The number of nitrogens with one attached hydrogen (secondary N) is 1. The highest BCUT2D eigenvalue weighted by Gasteiger charge is 2.41. The topological polar surface area (TPSA) is 75.1 Å². The van der Waals surface area contributed by atoms with Crippen molar-refractivity contribution >= 4 is 21.3 Å². The normalized spacial score (nSPS) is 30.9.